The summed E-state index contributed by atoms with van der Waals surface area (Å²) in [5.74, 6) is -0.248. The van der Waals surface area contributed by atoms with Crippen molar-refractivity contribution in [2.75, 3.05) is 26.9 Å². The van der Waals surface area contributed by atoms with E-state index in [1.807, 2.05) is 13.0 Å². The Morgan fingerprint density at radius 2 is 2.00 bits per heavy atom. The standard InChI is InChI=1S/C19H22N2O5/c1-4-24-14-7-5-13(6-8-14)17-15(11-20)18(21)26-12(2)16(17)19(22)25-10-9-23-3/h5-8,17H,4,9-10,21H2,1-3H3/t17-/m0/s1. The molecule has 138 valence electrons. The summed E-state index contributed by atoms with van der Waals surface area (Å²) in [4.78, 5) is 12.6. The van der Waals surface area contributed by atoms with Gasteiger partial charge in [-0.25, -0.2) is 4.79 Å². The highest BCUT2D eigenvalue weighted by molar-refractivity contribution is 5.92. The Balaban J connectivity index is 2.41. The number of nitrogens with two attached hydrogens (primary N) is 1. The van der Waals surface area contributed by atoms with Gasteiger partial charge < -0.3 is 24.7 Å². The van der Waals surface area contributed by atoms with E-state index in [2.05, 4.69) is 0 Å². The van der Waals surface area contributed by atoms with Crippen LogP contribution < -0.4 is 10.5 Å². The molecule has 0 spiro atoms. The molecule has 0 aliphatic carbocycles. The van der Waals surface area contributed by atoms with Gasteiger partial charge in [0.2, 0.25) is 5.88 Å². The molecule has 2 rings (SSSR count). The van der Waals surface area contributed by atoms with Crippen molar-refractivity contribution in [2.24, 2.45) is 5.73 Å². The first-order valence-electron chi connectivity index (χ1n) is 8.20. The minimum Gasteiger partial charge on any atom is -0.494 e. The predicted octanol–water partition coefficient (Wildman–Crippen LogP) is 2.36. The molecule has 0 aromatic heterocycles. The number of carbonyl (C=O) groups excluding carboxylic acids is 1. The van der Waals surface area contributed by atoms with Crippen molar-refractivity contribution in [1.29, 1.82) is 5.26 Å². The van der Waals surface area contributed by atoms with Gasteiger partial charge >= 0.3 is 5.97 Å². The van der Waals surface area contributed by atoms with Crippen LogP contribution in [0.2, 0.25) is 0 Å². The van der Waals surface area contributed by atoms with Crippen LogP contribution in [-0.2, 0) is 19.0 Å². The van der Waals surface area contributed by atoms with Crippen molar-refractivity contribution >= 4 is 5.97 Å². The topological polar surface area (TPSA) is 104 Å². The normalized spacial score (nSPS) is 16.8. The maximum atomic E-state index is 12.6. The zero-order chi connectivity index (χ0) is 19.1. The summed E-state index contributed by atoms with van der Waals surface area (Å²) >= 11 is 0. The van der Waals surface area contributed by atoms with Crippen LogP contribution in [0.25, 0.3) is 0 Å². The molecule has 0 fully saturated rings. The highest BCUT2D eigenvalue weighted by Crippen LogP contribution is 2.39. The van der Waals surface area contributed by atoms with Gasteiger partial charge in [0.05, 0.1) is 24.7 Å². The SMILES string of the molecule is CCOc1ccc([C@H]2C(C#N)=C(N)OC(C)=C2C(=O)OCCOC)cc1. The Bertz CT molecular complexity index is 759. The highest BCUT2D eigenvalue weighted by atomic mass is 16.6. The Hall–Kier alpha value is -2.98. The van der Waals surface area contributed by atoms with E-state index in [-0.39, 0.29) is 30.2 Å². The molecule has 7 nitrogen and oxygen atoms in total. The minimum absolute atomic E-state index is 0.0164. The lowest BCUT2D eigenvalue weighted by Gasteiger charge is -2.27. The van der Waals surface area contributed by atoms with Gasteiger partial charge in [0.25, 0.3) is 0 Å². The van der Waals surface area contributed by atoms with Gasteiger partial charge in [0, 0.05) is 7.11 Å². The molecule has 0 saturated heterocycles. The van der Waals surface area contributed by atoms with Gasteiger partial charge in [-0.05, 0) is 31.5 Å². The Kier molecular flexibility index (Phi) is 6.64. The molecule has 0 unspecified atom stereocenters. The molecule has 1 aliphatic rings. The molecule has 1 heterocycles. The first kappa shape index (κ1) is 19.3. The van der Waals surface area contributed by atoms with Gasteiger partial charge in [-0.1, -0.05) is 12.1 Å². The number of hydrogen-bond donors (Lipinski definition) is 1. The molecule has 26 heavy (non-hydrogen) atoms. The highest BCUT2D eigenvalue weighted by Gasteiger charge is 2.36. The van der Waals surface area contributed by atoms with Crippen LogP contribution in [0.15, 0.2) is 47.1 Å². The monoisotopic (exact) mass is 358 g/mol. The van der Waals surface area contributed by atoms with Crippen LogP contribution in [0.5, 0.6) is 5.75 Å². The number of hydrogen-bond acceptors (Lipinski definition) is 7. The molecule has 0 bridgehead atoms. The minimum atomic E-state index is -0.667. The molecule has 2 N–H and O–H groups in total. The number of allylic oxidation sites excluding steroid dienone is 2. The second-order valence-corrected chi connectivity index (χ2v) is 5.53. The lowest BCUT2D eigenvalue weighted by molar-refractivity contribution is -0.140. The predicted molar refractivity (Wildman–Crippen MR) is 93.8 cm³/mol. The largest absolute Gasteiger partial charge is 0.494 e. The molecule has 1 aliphatic heterocycles. The molecule has 1 aromatic rings. The molecule has 1 atom stereocenters. The third-order valence-corrected chi connectivity index (χ3v) is 3.87. The molecule has 0 saturated carbocycles. The Morgan fingerprint density at radius 3 is 2.58 bits per heavy atom. The van der Waals surface area contributed by atoms with E-state index in [0.717, 1.165) is 0 Å². The van der Waals surface area contributed by atoms with Crippen molar-refractivity contribution in [3.05, 3.63) is 52.6 Å². The van der Waals surface area contributed by atoms with E-state index < -0.39 is 11.9 Å². The van der Waals surface area contributed by atoms with Crippen molar-refractivity contribution in [1.82, 2.24) is 0 Å². The maximum Gasteiger partial charge on any atom is 0.338 e. The van der Waals surface area contributed by atoms with Gasteiger partial charge in [-0.15, -0.1) is 0 Å². The number of ether oxygens (including phenoxy) is 4. The molecular formula is C19H22N2O5. The van der Waals surface area contributed by atoms with Crippen LogP contribution >= 0.6 is 0 Å². The van der Waals surface area contributed by atoms with Gasteiger partial charge in [-0.3, -0.25) is 0 Å². The van der Waals surface area contributed by atoms with Gasteiger partial charge in [-0.2, -0.15) is 5.26 Å². The first-order chi connectivity index (χ1) is 12.5. The van der Waals surface area contributed by atoms with E-state index >= 15 is 0 Å². The van der Waals surface area contributed by atoms with Gasteiger partial charge in [0.15, 0.2) is 0 Å². The van der Waals surface area contributed by atoms with Crippen LogP contribution in [0.1, 0.15) is 25.3 Å². The molecule has 0 amide bonds. The second kappa shape index (κ2) is 8.92. The number of nitriles is 1. The van der Waals surface area contributed by atoms with Crippen molar-refractivity contribution in [3.8, 4) is 11.8 Å². The second-order valence-electron chi connectivity index (χ2n) is 5.53. The Morgan fingerprint density at radius 1 is 1.31 bits per heavy atom. The number of methoxy groups -OCH3 is 1. The number of esters is 1. The summed E-state index contributed by atoms with van der Waals surface area (Å²) in [7, 11) is 1.52. The van der Waals surface area contributed by atoms with Crippen molar-refractivity contribution < 1.29 is 23.7 Å². The third-order valence-electron chi connectivity index (χ3n) is 3.87. The number of carbonyl (C=O) groups is 1. The summed E-state index contributed by atoms with van der Waals surface area (Å²) in [6.07, 6.45) is 0. The van der Waals surface area contributed by atoms with Crippen LogP contribution in [0.3, 0.4) is 0 Å². The zero-order valence-corrected chi connectivity index (χ0v) is 15.1. The summed E-state index contributed by atoms with van der Waals surface area (Å²) in [5, 5.41) is 9.54. The van der Waals surface area contributed by atoms with Crippen molar-refractivity contribution in [3.63, 3.8) is 0 Å². The first-order valence-corrected chi connectivity index (χ1v) is 8.20. The van der Waals surface area contributed by atoms with E-state index in [1.165, 1.54) is 7.11 Å². The smallest absolute Gasteiger partial charge is 0.338 e. The number of nitrogens with zero attached hydrogens (tertiary/aromatic N) is 1. The summed E-state index contributed by atoms with van der Waals surface area (Å²) in [6.45, 7) is 4.43. The van der Waals surface area contributed by atoms with E-state index in [0.29, 0.717) is 23.7 Å². The van der Waals surface area contributed by atoms with Gasteiger partial charge in [0.1, 0.15) is 29.8 Å². The lowest BCUT2D eigenvalue weighted by atomic mass is 9.83. The summed E-state index contributed by atoms with van der Waals surface area (Å²) < 4.78 is 21.0. The number of benzene rings is 1. The fourth-order valence-corrected chi connectivity index (χ4v) is 2.70. The van der Waals surface area contributed by atoms with E-state index in [9.17, 15) is 10.1 Å². The third kappa shape index (κ3) is 4.16. The van der Waals surface area contributed by atoms with Crippen LogP contribution in [0, 0.1) is 11.3 Å². The van der Waals surface area contributed by atoms with E-state index in [1.54, 1.807) is 31.2 Å². The fraction of sp³-hybridized carbons (Fsp3) is 0.368. The van der Waals surface area contributed by atoms with Crippen LogP contribution in [0.4, 0.5) is 0 Å². The maximum absolute atomic E-state index is 12.6. The van der Waals surface area contributed by atoms with Crippen molar-refractivity contribution in [2.45, 2.75) is 19.8 Å². The fourth-order valence-electron chi connectivity index (χ4n) is 2.70. The zero-order valence-electron chi connectivity index (χ0n) is 15.1. The van der Waals surface area contributed by atoms with E-state index in [4.69, 9.17) is 24.7 Å². The lowest BCUT2D eigenvalue weighted by Crippen LogP contribution is -2.26. The quantitative estimate of drug-likeness (QED) is 0.589. The molecule has 1 aromatic carbocycles. The summed E-state index contributed by atoms with van der Waals surface area (Å²) in [6, 6.07) is 9.19. The molecule has 0 radical (unpaired) electrons. The average molecular weight is 358 g/mol. The number of rotatable bonds is 7. The summed E-state index contributed by atoms with van der Waals surface area (Å²) in [5.41, 5.74) is 7.00. The molecule has 7 heteroatoms. The molecular weight excluding hydrogens is 336 g/mol. The average Bonchev–Trinajstić information content (AvgIpc) is 2.62. The van der Waals surface area contributed by atoms with Crippen LogP contribution in [-0.4, -0.2) is 32.9 Å². The Labute approximate surface area is 152 Å².